The number of hydrogen-bond donors (Lipinski definition) is 1. The van der Waals surface area contributed by atoms with Gasteiger partial charge in [0, 0.05) is 5.92 Å². The molecule has 0 aliphatic rings. The normalized spacial score (nSPS) is 14.7. The molecule has 3 nitrogen and oxygen atoms in total. The Morgan fingerprint density at radius 3 is 2.33 bits per heavy atom. The van der Waals surface area contributed by atoms with E-state index >= 15 is 0 Å². The van der Waals surface area contributed by atoms with Gasteiger partial charge in [-0.1, -0.05) is 36.4 Å². The number of carbonyl (C=O) groups is 1. The lowest BCUT2D eigenvalue weighted by molar-refractivity contribution is -0.156. The summed E-state index contributed by atoms with van der Waals surface area (Å²) in [6.07, 6.45) is 1.68. The summed E-state index contributed by atoms with van der Waals surface area (Å²) in [6.45, 7) is 9.22. The largest absolute Gasteiger partial charge is 0.459 e. The lowest BCUT2D eigenvalue weighted by Gasteiger charge is -2.25. The second-order valence-corrected chi connectivity index (χ2v) is 5.23. The van der Waals surface area contributed by atoms with Crippen LogP contribution >= 0.6 is 0 Å². The van der Waals surface area contributed by atoms with E-state index in [-0.39, 0.29) is 5.92 Å². The summed E-state index contributed by atoms with van der Waals surface area (Å²) < 4.78 is 5.29. The summed E-state index contributed by atoms with van der Waals surface area (Å²) in [7, 11) is 0. The topological polar surface area (TPSA) is 52.3 Å². The monoisotopic (exact) mass is 247 g/mol. The number of hydrogen-bond acceptors (Lipinski definition) is 3. The summed E-state index contributed by atoms with van der Waals surface area (Å²) in [5.74, 6) is -0.641. The van der Waals surface area contributed by atoms with Gasteiger partial charge in [-0.15, -0.1) is 6.58 Å². The zero-order valence-corrected chi connectivity index (χ0v) is 11.2. The van der Waals surface area contributed by atoms with E-state index in [9.17, 15) is 4.79 Å². The Labute approximate surface area is 109 Å². The van der Waals surface area contributed by atoms with Gasteiger partial charge in [0.05, 0.1) is 0 Å². The fourth-order valence-corrected chi connectivity index (χ4v) is 1.68. The fraction of sp³-hybridized carbons (Fsp3) is 0.400. The van der Waals surface area contributed by atoms with Crippen LogP contribution < -0.4 is 5.73 Å². The summed E-state index contributed by atoms with van der Waals surface area (Å²) in [6, 6.07) is 8.86. The Bertz CT molecular complexity index is 406. The molecule has 0 unspecified atom stereocenters. The highest BCUT2D eigenvalue weighted by Gasteiger charge is 2.28. The number of ether oxygens (including phenoxy) is 1. The van der Waals surface area contributed by atoms with Gasteiger partial charge in [0.25, 0.3) is 0 Å². The van der Waals surface area contributed by atoms with Crippen LogP contribution in [0.5, 0.6) is 0 Å². The minimum Gasteiger partial charge on any atom is -0.459 e. The molecule has 1 aromatic rings. The molecule has 0 saturated carbocycles. The van der Waals surface area contributed by atoms with Crippen LogP contribution in [-0.2, 0) is 9.53 Å². The summed E-state index contributed by atoms with van der Waals surface area (Å²) in [5, 5.41) is 0. The van der Waals surface area contributed by atoms with Gasteiger partial charge in [0.15, 0.2) is 0 Å². The second-order valence-electron chi connectivity index (χ2n) is 5.23. The van der Waals surface area contributed by atoms with Gasteiger partial charge in [-0.25, -0.2) is 0 Å². The van der Waals surface area contributed by atoms with Crippen LogP contribution in [0.4, 0.5) is 0 Å². The highest BCUT2D eigenvalue weighted by atomic mass is 16.6. The van der Waals surface area contributed by atoms with E-state index in [2.05, 4.69) is 6.58 Å². The molecule has 0 aliphatic heterocycles. The molecule has 0 aromatic heterocycles. The molecule has 18 heavy (non-hydrogen) atoms. The molecule has 0 heterocycles. The van der Waals surface area contributed by atoms with E-state index in [1.54, 1.807) is 6.08 Å². The average Bonchev–Trinajstić information content (AvgIpc) is 2.29. The van der Waals surface area contributed by atoms with Crippen molar-refractivity contribution in [1.82, 2.24) is 0 Å². The molecule has 0 saturated heterocycles. The molecule has 0 radical (unpaired) electrons. The smallest absolute Gasteiger partial charge is 0.324 e. The van der Waals surface area contributed by atoms with Crippen molar-refractivity contribution >= 4 is 5.97 Å². The first kappa shape index (κ1) is 14.5. The Morgan fingerprint density at radius 1 is 1.33 bits per heavy atom. The summed E-state index contributed by atoms with van der Waals surface area (Å²) in [4.78, 5) is 11.9. The first-order chi connectivity index (χ1) is 8.35. The van der Waals surface area contributed by atoms with Crippen LogP contribution in [0.1, 0.15) is 32.3 Å². The third-order valence-electron chi connectivity index (χ3n) is 2.50. The number of esters is 1. The van der Waals surface area contributed by atoms with Gasteiger partial charge in [-0.05, 0) is 26.3 Å². The number of carbonyl (C=O) groups excluding carboxylic acids is 1. The predicted molar refractivity (Wildman–Crippen MR) is 73.2 cm³/mol. The van der Waals surface area contributed by atoms with Crippen LogP contribution in [0.25, 0.3) is 0 Å². The highest BCUT2D eigenvalue weighted by Crippen LogP contribution is 2.21. The van der Waals surface area contributed by atoms with E-state index in [0.29, 0.717) is 0 Å². The van der Waals surface area contributed by atoms with Gasteiger partial charge in [-0.3, -0.25) is 4.79 Å². The molecule has 1 rings (SSSR count). The Hall–Kier alpha value is -1.61. The van der Waals surface area contributed by atoms with Crippen molar-refractivity contribution in [3.8, 4) is 0 Å². The van der Waals surface area contributed by atoms with Gasteiger partial charge in [0.2, 0.25) is 0 Å². The van der Waals surface area contributed by atoms with E-state index in [1.165, 1.54) is 0 Å². The molecular formula is C15H21NO2. The number of rotatable bonds is 4. The summed E-state index contributed by atoms with van der Waals surface area (Å²) >= 11 is 0. The van der Waals surface area contributed by atoms with Crippen LogP contribution in [0.3, 0.4) is 0 Å². The SMILES string of the molecule is C=C[C@H](c1ccccc1)[C@@H](N)C(=O)OC(C)(C)C. The molecule has 2 atom stereocenters. The van der Waals surface area contributed by atoms with Crippen molar-refractivity contribution in [2.45, 2.75) is 38.3 Å². The minimum atomic E-state index is -0.732. The van der Waals surface area contributed by atoms with Gasteiger partial charge in [-0.2, -0.15) is 0 Å². The first-order valence-electron chi connectivity index (χ1n) is 6.01. The second kappa shape index (κ2) is 5.83. The van der Waals surface area contributed by atoms with Crippen molar-refractivity contribution in [2.24, 2.45) is 5.73 Å². The molecule has 98 valence electrons. The zero-order valence-electron chi connectivity index (χ0n) is 11.2. The molecule has 0 bridgehead atoms. The molecule has 2 N–H and O–H groups in total. The molecule has 0 fully saturated rings. The molecule has 0 spiro atoms. The van der Waals surface area contributed by atoms with E-state index in [1.807, 2.05) is 51.1 Å². The molecule has 1 aromatic carbocycles. The predicted octanol–water partition coefficient (Wildman–Crippen LogP) is 2.63. The van der Waals surface area contributed by atoms with Gasteiger partial charge in [0.1, 0.15) is 11.6 Å². The molecule has 3 heteroatoms. The third-order valence-corrected chi connectivity index (χ3v) is 2.50. The average molecular weight is 247 g/mol. The van der Waals surface area contributed by atoms with Crippen molar-refractivity contribution in [2.75, 3.05) is 0 Å². The fourth-order valence-electron chi connectivity index (χ4n) is 1.68. The van der Waals surface area contributed by atoms with Gasteiger partial charge < -0.3 is 10.5 Å². The van der Waals surface area contributed by atoms with E-state index < -0.39 is 17.6 Å². The lowest BCUT2D eigenvalue weighted by Crippen LogP contribution is -2.41. The van der Waals surface area contributed by atoms with Crippen molar-refractivity contribution in [1.29, 1.82) is 0 Å². The van der Waals surface area contributed by atoms with Crippen LogP contribution in [-0.4, -0.2) is 17.6 Å². The maximum Gasteiger partial charge on any atom is 0.324 e. The Kier molecular flexibility index (Phi) is 4.68. The Morgan fingerprint density at radius 2 is 1.89 bits per heavy atom. The summed E-state index contributed by atoms with van der Waals surface area (Å²) in [5.41, 5.74) is 6.40. The standard InChI is InChI=1S/C15H21NO2/c1-5-12(11-9-7-6-8-10-11)13(16)14(17)18-15(2,3)4/h5-10,12-13H,1,16H2,2-4H3/t12-,13-/m1/s1. The maximum absolute atomic E-state index is 11.9. The Balaban J connectivity index is 2.84. The highest BCUT2D eigenvalue weighted by molar-refractivity contribution is 5.77. The van der Waals surface area contributed by atoms with Crippen molar-refractivity contribution in [3.05, 3.63) is 48.6 Å². The maximum atomic E-state index is 11.9. The third kappa shape index (κ3) is 4.00. The first-order valence-corrected chi connectivity index (χ1v) is 6.01. The van der Waals surface area contributed by atoms with E-state index in [0.717, 1.165) is 5.56 Å². The van der Waals surface area contributed by atoms with Crippen LogP contribution in [0.15, 0.2) is 43.0 Å². The number of nitrogens with two attached hydrogens (primary N) is 1. The zero-order chi connectivity index (χ0) is 13.8. The van der Waals surface area contributed by atoms with Gasteiger partial charge >= 0.3 is 5.97 Å². The van der Waals surface area contributed by atoms with Crippen molar-refractivity contribution < 1.29 is 9.53 Å². The molecular weight excluding hydrogens is 226 g/mol. The van der Waals surface area contributed by atoms with Crippen molar-refractivity contribution in [3.63, 3.8) is 0 Å². The lowest BCUT2D eigenvalue weighted by atomic mass is 9.92. The molecule has 0 aliphatic carbocycles. The van der Waals surface area contributed by atoms with Crippen LogP contribution in [0.2, 0.25) is 0 Å². The number of benzene rings is 1. The minimum absolute atomic E-state index is 0.235. The molecule has 0 amide bonds. The quantitative estimate of drug-likeness (QED) is 0.657. The van der Waals surface area contributed by atoms with Crippen LogP contribution in [0, 0.1) is 0 Å². The van der Waals surface area contributed by atoms with E-state index in [4.69, 9.17) is 10.5 Å².